The van der Waals surface area contributed by atoms with Crippen molar-refractivity contribution in [3.8, 4) is 0 Å². The highest BCUT2D eigenvalue weighted by molar-refractivity contribution is 5.91. The number of esters is 1. The van der Waals surface area contributed by atoms with Crippen molar-refractivity contribution in [2.75, 3.05) is 44.5 Å². The Bertz CT molecular complexity index is 498. The van der Waals surface area contributed by atoms with Crippen LogP contribution < -0.4 is 11.1 Å². The Balaban J connectivity index is 2.02. The summed E-state index contributed by atoms with van der Waals surface area (Å²) < 4.78 is 15.9. The molecule has 0 aromatic heterocycles. The number of nitrogens with one attached hydrogen (secondary N) is 1. The summed E-state index contributed by atoms with van der Waals surface area (Å²) in [6.45, 7) is 3.98. The number of hydrogen-bond donors (Lipinski definition) is 2. The Labute approximate surface area is 124 Å². The zero-order valence-corrected chi connectivity index (χ0v) is 12.5. The van der Waals surface area contributed by atoms with Gasteiger partial charge in [0.1, 0.15) is 5.60 Å². The van der Waals surface area contributed by atoms with Crippen molar-refractivity contribution >= 4 is 17.3 Å². The van der Waals surface area contributed by atoms with Crippen molar-refractivity contribution in [1.29, 1.82) is 0 Å². The Kier molecular flexibility index (Phi) is 5.03. The molecule has 1 heterocycles. The molecule has 0 amide bonds. The van der Waals surface area contributed by atoms with Crippen molar-refractivity contribution in [2.45, 2.75) is 18.9 Å². The van der Waals surface area contributed by atoms with Gasteiger partial charge in [-0.25, -0.2) is 4.79 Å². The number of nitrogens with two attached hydrogens (primary N) is 1. The second kappa shape index (κ2) is 6.78. The molecule has 21 heavy (non-hydrogen) atoms. The Hall–Kier alpha value is -1.79. The molecule has 6 heteroatoms. The predicted molar refractivity (Wildman–Crippen MR) is 80.5 cm³/mol. The summed E-state index contributed by atoms with van der Waals surface area (Å²) >= 11 is 0. The minimum absolute atomic E-state index is 0.313. The van der Waals surface area contributed by atoms with Crippen LogP contribution in [0.25, 0.3) is 0 Å². The Morgan fingerprint density at radius 3 is 2.90 bits per heavy atom. The first-order valence-electron chi connectivity index (χ1n) is 7.03. The van der Waals surface area contributed by atoms with Gasteiger partial charge in [-0.2, -0.15) is 0 Å². The van der Waals surface area contributed by atoms with Gasteiger partial charge < -0.3 is 25.3 Å². The predicted octanol–water partition coefficient (Wildman–Crippen LogP) is 1.66. The molecule has 116 valence electrons. The maximum atomic E-state index is 11.6. The lowest BCUT2D eigenvalue weighted by Gasteiger charge is -2.26. The van der Waals surface area contributed by atoms with E-state index in [9.17, 15) is 4.79 Å². The normalized spacial score (nSPS) is 21.2. The fraction of sp³-hybridized carbons (Fsp3) is 0.533. The average molecular weight is 294 g/mol. The molecule has 1 aromatic carbocycles. The zero-order valence-electron chi connectivity index (χ0n) is 12.5. The van der Waals surface area contributed by atoms with E-state index in [-0.39, 0.29) is 11.6 Å². The minimum atomic E-state index is -0.367. The molecule has 0 bridgehead atoms. The lowest BCUT2D eigenvalue weighted by molar-refractivity contribution is -0.00619. The van der Waals surface area contributed by atoms with Crippen molar-refractivity contribution in [2.24, 2.45) is 0 Å². The molecule has 1 aliphatic heterocycles. The van der Waals surface area contributed by atoms with Crippen LogP contribution >= 0.6 is 0 Å². The first-order chi connectivity index (χ1) is 10.1. The zero-order chi connectivity index (χ0) is 15.3. The largest absolute Gasteiger partial charge is 0.462 e. The van der Waals surface area contributed by atoms with Gasteiger partial charge in [0, 0.05) is 26.7 Å². The lowest BCUT2D eigenvalue weighted by atomic mass is 10.0. The summed E-state index contributed by atoms with van der Waals surface area (Å²) in [7, 11) is 1.68. The molecule has 6 nitrogen and oxygen atoms in total. The van der Waals surface area contributed by atoms with Gasteiger partial charge in [0.2, 0.25) is 0 Å². The van der Waals surface area contributed by atoms with E-state index in [0.717, 1.165) is 12.1 Å². The van der Waals surface area contributed by atoms with Crippen LogP contribution in [-0.2, 0) is 14.2 Å². The molecule has 1 aliphatic rings. The quantitative estimate of drug-likeness (QED) is 0.613. The van der Waals surface area contributed by atoms with E-state index >= 15 is 0 Å². The highest BCUT2D eigenvalue weighted by Gasteiger charge is 2.34. The summed E-state index contributed by atoms with van der Waals surface area (Å²) in [5.74, 6) is -0.367. The molecular weight excluding hydrogens is 272 g/mol. The van der Waals surface area contributed by atoms with Gasteiger partial charge in [-0.05, 0) is 25.1 Å². The second-order valence-corrected chi connectivity index (χ2v) is 5.07. The van der Waals surface area contributed by atoms with Gasteiger partial charge in [-0.3, -0.25) is 0 Å². The van der Waals surface area contributed by atoms with Gasteiger partial charge >= 0.3 is 5.97 Å². The molecular formula is C15H22N2O4. The summed E-state index contributed by atoms with van der Waals surface area (Å²) in [6, 6.07) is 5.09. The summed E-state index contributed by atoms with van der Waals surface area (Å²) in [5, 5.41) is 3.26. The number of carbonyl (C=O) groups excluding carboxylic acids is 1. The van der Waals surface area contributed by atoms with E-state index in [2.05, 4.69) is 5.32 Å². The van der Waals surface area contributed by atoms with E-state index in [1.165, 1.54) is 0 Å². The highest BCUT2D eigenvalue weighted by atomic mass is 16.5. The van der Waals surface area contributed by atoms with Gasteiger partial charge in [-0.1, -0.05) is 0 Å². The van der Waals surface area contributed by atoms with Crippen LogP contribution in [-0.4, -0.2) is 45.0 Å². The third-order valence-corrected chi connectivity index (χ3v) is 3.66. The second-order valence-electron chi connectivity index (χ2n) is 5.07. The topological polar surface area (TPSA) is 82.8 Å². The number of anilines is 2. The van der Waals surface area contributed by atoms with Crippen molar-refractivity contribution in [1.82, 2.24) is 0 Å². The highest BCUT2D eigenvalue weighted by Crippen LogP contribution is 2.26. The molecule has 1 atom stereocenters. The maximum Gasteiger partial charge on any atom is 0.338 e. The third kappa shape index (κ3) is 3.65. The minimum Gasteiger partial charge on any atom is -0.462 e. The summed E-state index contributed by atoms with van der Waals surface area (Å²) in [5.41, 5.74) is 7.39. The number of hydrogen-bond acceptors (Lipinski definition) is 6. The molecule has 1 fully saturated rings. The van der Waals surface area contributed by atoms with Crippen LogP contribution in [0.3, 0.4) is 0 Å². The SMILES string of the molecule is CCOC(=O)c1ccc(NCC2(OC)CCOC2)c(N)c1. The van der Waals surface area contributed by atoms with Crippen molar-refractivity contribution < 1.29 is 19.0 Å². The molecule has 0 aliphatic carbocycles. The standard InChI is InChI=1S/C15H22N2O4/c1-3-21-14(18)11-4-5-13(12(16)8-11)17-9-15(19-2)6-7-20-10-15/h4-5,8,17H,3,6-7,9-10,16H2,1-2H3. The Morgan fingerprint density at radius 2 is 2.33 bits per heavy atom. The smallest absolute Gasteiger partial charge is 0.338 e. The molecule has 1 saturated heterocycles. The van der Waals surface area contributed by atoms with E-state index in [4.69, 9.17) is 19.9 Å². The number of carbonyl (C=O) groups is 1. The average Bonchev–Trinajstić information content (AvgIpc) is 2.95. The van der Waals surface area contributed by atoms with Gasteiger partial charge in [0.25, 0.3) is 0 Å². The van der Waals surface area contributed by atoms with Crippen LogP contribution in [0.2, 0.25) is 0 Å². The van der Waals surface area contributed by atoms with Crippen molar-refractivity contribution in [3.63, 3.8) is 0 Å². The summed E-state index contributed by atoms with van der Waals surface area (Å²) in [4.78, 5) is 11.6. The van der Waals surface area contributed by atoms with Crippen LogP contribution in [0.5, 0.6) is 0 Å². The van der Waals surface area contributed by atoms with E-state index < -0.39 is 0 Å². The lowest BCUT2D eigenvalue weighted by Crippen LogP contribution is -2.39. The Morgan fingerprint density at radius 1 is 1.52 bits per heavy atom. The first kappa shape index (κ1) is 15.6. The van der Waals surface area contributed by atoms with Crippen LogP contribution in [0, 0.1) is 0 Å². The third-order valence-electron chi connectivity index (χ3n) is 3.66. The van der Waals surface area contributed by atoms with Crippen LogP contribution in [0.15, 0.2) is 18.2 Å². The molecule has 3 N–H and O–H groups in total. The molecule has 2 rings (SSSR count). The number of methoxy groups -OCH3 is 1. The monoisotopic (exact) mass is 294 g/mol. The molecule has 0 spiro atoms. The van der Waals surface area contributed by atoms with Crippen LogP contribution in [0.1, 0.15) is 23.7 Å². The summed E-state index contributed by atoms with van der Waals surface area (Å²) in [6.07, 6.45) is 0.845. The molecule has 0 radical (unpaired) electrons. The van der Waals surface area contributed by atoms with E-state index in [0.29, 0.717) is 37.6 Å². The maximum absolute atomic E-state index is 11.6. The number of benzene rings is 1. The molecule has 1 aromatic rings. The molecule has 1 unspecified atom stereocenters. The van der Waals surface area contributed by atoms with Gasteiger partial charge in [0.05, 0.1) is 30.2 Å². The number of ether oxygens (including phenoxy) is 3. The van der Waals surface area contributed by atoms with Crippen LogP contribution in [0.4, 0.5) is 11.4 Å². The fourth-order valence-corrected chi connectivity index (χ4v) is 2.28. The first-order valence-corrected chi connectivity index (χ1v) is 7.03. The number of nitrogen functional groups attached to an aromatic ring is 1. The van der Waals surface area contributed by atoms with E-state index in [1.54, 1.807) is 32.2 Å². The van der Waals surface area contributed by atoms with Crippen molar-refractivity contribution in [3.05, 3.63) is 23.8 Å². The van der Waals surface area contributed by atoms with E-state index in [1.807, 2.05) is 0 Å². The van der Waals surface area contributed by atoms with Gasteiger partial charge in [0.15, 0.2) is 0 Å². The number of rotatable bonds is 6. The fourth-order valence-electron chi connectivity index (χ4n) is 2.28. The molecule has 0 saturated carbocycles. The van der Waals surface area contributed by atoms with Gasteiger partial charge in [-0.15, -0.1) is 0 Å².